The largest absolute Gasteiger partial charge is 0.309 e. The average molecular weight is 216 g/mol. The van der Waals surface area contributed by atoms with Gasteiger partial charge in [0.05, 0.1) is 0 Å². The van der Waals surface area contributed by atoms with Crippen molar-refractivity contribution in [3.63, 3.8) is 0 Å². The van der Waals surface area contributed by atoms with Gasteiger partial charge in [0.1, 0.15) is 5.82 Å². The van der Waals surface area contributed by atoms with Crippen LogP contribution in [0.3, 0.4) is 0 Å². The summed E-state index contributed by atoms with van der Waals surface area (Å²) < 4.78 is 13.3. The smallest absolute Gasteiger partial charge is 0.127 e. The molecule has 1 aromatic carbocycles. The molecule has 1 aromatic rings. The van der Waals surface area contributed by atoms with Crippen LogP contribution in [0.1, 0.15) is 12.0 Å². The zero-order valence-corrected chi connectivity index (χ0v) is 9.31. The van der Waals surface area contributed by atoms with Gasteiger partial charge in [-0.15, -0.1) is 0 Å². The molecule has 0 N–H and O–H groups in total. The van der Waals surface area contributed by atoms with E-state index in [9.17, 15) is 4.39 Å². The molecule has 0 amide bonds. The molecule has 0 aliphatic heterocycles. The zero-order valence-electron chi connectivity index (χ0n) is 8.56. The Morgan fingerprint density at radius 1 is 1.36 bits per heavy atom. The van der Waals surface area contributed by atoms with E-state index in [0.717, 1.165) is 24.9 Å². The Morgan fingerprint density at radius 2 is 2.07 bits per heavy atom. The van der Waals surface area contributed by atoms with Crippen LogP contribution in [-0.2, 0) is 6.42 Å². The van der Waals surface area contributed by atoms with Crippen LogP contribution in [0.2, 0.25) is 5.02 Å². The van der Waals surface area contributed by atoms with Crippen molar-refractivity contribution in [3.05, 3.63) is 34.6 Å². The molecule has 3 heteroatoms. The van der Waals surface area contributed by atoms with Crippen molar-refractivity contribution in [3.8, 4) is 0 Å². The van der Waals surface area contributed by atoms with Crippen LogP contribution in [0.5, 0.6) is 0 Å². The van der Waals surface area contributed by atoms with Crippen molar-refractivity contribution in [1.29, 1.82) is 0 Å². The molecule has 0 heterocycles. The maximum Gasteiger partial charge on any atom is 0.127 e. The Hall–Kier alpha value is -0.600. The van der Waals surface area contributed by atoms with Gasteiger partial charge < -0.3 is 4.90 Å². The van der Waals surface area contributed by atoms with E-state index in [4.69, 9.17) is 11.6 Å². The number of benzene rings is 1. The van der Waals surface area contributed by atoms with E-state index in [1.807, 2.05) is 14.1 Å². The summed E-state index contributed by atoms with van der Waals surface area (Å²) >= 11 is 5.65. The number of rotatable bonds is 4. The van der Waals surface area contributed by atoms with Crippen LogP contribution < -0.4 is 0 Å². The fraction of sp³-hybridized carbons (Fsp3) is 0.455. The molecule has 0 fully saturated rings. The van der Waals surface area contributed by atoms with Crippen molar-refractivity contribution in [2.75, 3.05) is 20.6 Å². The summed E-state index contributed by atoms with van der Waals surface area (Å²) in [6.45, 7) is 0.974. The number of aryl methyl sites for hydroxylation is 1. The maximum atomic E-state index is 13.3. The second kappa shape index (κ2) is 5.32. The van der Waals surface area contributed by atoms with Crippen LogP contribution in [-0.4, -0.2) is 25.5 Å². The van der Waals surface area contributed by atoms with Gasteiger partial charge in [-0.2, -0.15) is 0 Å². The van der Waals surface area contributed by atoms with Crippen LogP contribution in [0.4, 0.5) is 4.39 Å². The highest BCUT2D eigenvalue weighted by Crippen LogP contribution is 2.15. The molecule has 0 radical (unpaired) electrons. The lowest BCUT2D eigenvalue weighted by atomic mass is 10.1. The van der Waals surface area contributed by atoms with E-state index in [0.29, 0.717) is 5.02 Å². The Labute approximate surface area is 89.5 Å². The van der Waals surface area contributed by atoms with E-state index in [2.05, 4.69) is 4.90 Å². The predicted molar refractivity (Wildman–Crippen MR) is 58.3 cm³/mol. The molecule has 14 heavy (non-hydrogen) atoms. The highest BCUT2D eigenvalue weighted by Gasteiger charge is 2.02. The Morgan fingerprint density at radius 3 is 2.64 bits per heavy atom. The van der Waals surface area contributed by atoms with Crippen LogP contribution >= 0.6 is 11.6 Å². The molecular formula is C11H15ClFN. The third-order valence-corrected chi connectivity index (χ3v) is 2.30. The van der Waals surface area contributed by atoms with Gasteiger partial charge in [-0.1, -0.05) is 17.7 Å². The molecule has 0 aliphatic carbocycles. The first-order valence-electron chi connectivity index (χ1n) is 4.68. The van der Waals surface area contributed by atoms with Gasteiger partial charge in [0.15, 0.2) is 0 Å². The summed E-state index contributed by atoms with van der Waals surface area (Å²) in [7, 11) is 4.02. The summed E-state index contributed by atoms with van der Waals surface area (Å²) in [5.41, 5.74) is 0.747. The number of hydrogen-bond acceptors (Lipinski definition) is 1. The number of nitrogens with zero attached hydrogens (tertiary/aromatic N) is 1. The first-order chi connectivity index (χ1) is 6.59. The average Bonchev–Trinajstić information content (AvgIpc) is 2.08. The third kappa shape index (κ3) is 3.64. The number of hydrogen-bond donors (Lipinski definition) is 0. The summed E-state index contributed by atoms with van der Waals surface area (Å²) in [6.07, 6.45) is 1.73. The third-order valence-electron chi connectivity index (χ3n) is 2.07. The van der Waals surface area contributed by atoms with Gasteiger partial charge in [-0.05, 0) is 51.2 Å². The normalized spacial score (nSPS) is 10.9. The SMILES string of the molecule is CN(C)CCCc1ccc(Cl)cc1F. The molecule has 78 valence electrons. The molecular weight excluding hydrogens is 201 g/mol. The van der Waals surface area contributed by atoms with E-state index in [-0.39, 0.29) is 5.82 Å². The number of halogens is 2. The molecule has 0 bridgehead atoms. The minimum Gasteiger partial charge on any atom is -0.309 e. The fourth-order valence-electron chi connectivity index (χ4n) is 1.31. The minimum atomic E-state index is -0.198. The quantitative estimate of drug-likeness (QED) is 0.747. The van der Waals surface area contributed by atoms with Gasteiger partial charge in [0.2, 0.25) is 0 Å². The van der Waals surface area contributed by atoms with Crippen LogP contribution in [0.25, 0.3) is 0 Å². The van der Waals surface area contributed by atoms with E-state index >= 15 is 0 Å². The van der Waals surface area contributed by atoms with Gasteiger partial charge in [-0.25, -0.2) is 4.39 Å². The van der Waals surface area contributed by atoms with Crippen molar-refractivity contribution in [2.24, 2.45) is 0 Å². The summed E-state index contributed by atoms with van der Waals surface area (Å²) in [4.78, 5) is 2.09. The van der Waals surface area contributed by atoms with Crippen LogP contribution in [0.15, 0.2) is 18.2 Å². The predicted octanol–water partition coefficient (Wildman–Crippen LogP) is 2.97. The molecule has 1 rings (SSSR count). The Balaban J connectivity index is 2.51. The van der Waals surface area contributed by atoms with E-state index in [1.165, 1.54) is 6.07 Å². The van der Waals surface area contributed by atoms with Gasteiger partial charge >= 0.3 is 0 Å². The lowest BCUT2D eigenvalue weighted by Crippen LogP contribution is -2.13. The molecule has 0 spiro atoms. The molecule has 0 atom stereocenters. The second-order valence-corrected chi connectivity index (χ2v) is 4.08. The van der Waals surface area contributed by atoms with Crippen molar-refractivity contribution < 1.29 is 4.39 Å². The molecule has 0 unspecified atom stereocenters. The fourth-order valence-corrected chi connectivity index (χ4v) is 1.47. The maximum absolute atomic E-state index is 13.3. The highest BCUT2D eigenvalue weighted by molar-refractivity contribution is 6.30. The van der Waals surface area contributed by atoms with Gasteiger partial charge in [0, 0.05) is 5.02 Å². The molecule has 0 saturated carbocycles. The summed E-state index contributed by atoms with van der Waals surface area (Å²) in [6, 6.07) is 4.86. The van der Waals surface area contributed by atoms with Crippen molar-refractivity contribution in [1.82, 2.24) is 4.90 Å². The highest BCUT2D eigenvalue weighted by atomic mass is 35.5. The molecule has 0 aromatic heterocycles. The van der Waals surface area contributed by atoms with Crippen molar-refractivity contribution >= 4 is 11.6 Å². The van der Waals surface area contributed by atoms with Gasteiger partial charge in [-0.3, -0.25) is 0 Å². The lowest BCUT2D eigenvalue weighted by Gasteiger charge is -2.09. The van der Waals surface area contributed by atoms with E-state index in [1.54, 1.807) is 12.1 Å². The lowest BCUT2D eigenvalue weighted by molar-refractivity contribution is 0.399. The molecule has 1 nitrogen and oxygen atoms in total. The summed E-state index contributed by atoms with van der Waals surface area (Å²) in [5.74, 6) is -0.198. The Bertz CT molecular complexity index is 299. The monoisotopic (exact) mass is 215 g/mol. The minimum absolute atomic E-state index is 0.198. The second-order valence-electron chi connectivity index (χ2n) is 3.64. The summed E-state index contributed by atoms with van der Waals surface area (Å²) in [5, 5.41) is 0.457. The van der Waals surface area contributed by atoms with Crippen molar-refractivity contribution in [2.45, 2.75) is 12.8 Å². The zero-order chi connectivity index (χ0) is 10.6. The first-order valence-corrected chi connectivity index (χ1v) is 5.06. The first kappa shape index (κ1) is 11.5. The van der Waals surface area contributed by atoms with Crippen LogP contribution in [0, 0.1) is 5.82 Å². The topological polar surface area (TPSA) is 3.24 Å². The van der Waals surface area contributed by atoms with E-state index < -0.39 is 0 Å². The standard InChI is InChI=1S/C11H15ClFN/c1-14(2)7-3-4-9-5-6-10(12)8-11(9)13/h5-6,8H,3-4,7H2,1-2H3. The Kier molecular flexibility index (Phi) is 4.36. The molecule has 0 aliphatic rings. The molecule has 0 saturated heterocycles. The van der Waals surface area contributed by atoms with Gasteiger partial charge in [0.25, 0.3) is 0 Å².